The second-order valence-electron chi connectivity index (χ2n) is 7.84. The zero-order valence-electron chi connectivity index (χ0n) is 14.9. The lowest BCUT2D eigenvalue weighted by Crippen LogP contribution is -2.35. The minimum atomic E-state index is -4.15. The molecule has 150 valence electrons. The zero-order chi connectivity index (χ0) is 19.6. The van der Waals surface area contributed by atoms with Crippen LogP contribution in [0.1, 0.15) is 17.7 Å². The molecule has 3 fully saturated rings. The SMILES string of the molecule is Nc1ncc(-c2cc(C3[C@H]4CN(CC(F)(F)F)C[C@@H]34)n(C3COC3)n2)cc1Cl. The van der Waals surface area contributed by atoms with E-state index in [-0.39, 0.29) is 29.6 Å². The highest BCUT2D eigenvalue weighted by molar-refractivity contribution is 6.33. The predicted molar refractivity (Wildman–Crippen MR) is 97.0 cm³/mol. The van der Waals surface area contributed by atoms with Crippen LogP contribution in [0.4, 0.5) is 19.0 Å². The molecule has 0 spiro atoms. The number of alkyl halides is 3. The highest BCUT2D eigenvalue weighted by Gasteiger charge is 2.58. The van der Waals surface area contributed by atoms with E-state index in [1.54, 1.807) is 12.3 Å². The number of halogens is 4. The summed E-state index contributed by atoms with van der Waals surface area (Å²) in [4.78, 5) is 5.60. The van der Waals surface area contributed by atoms with E-state index in [4.69, 9.17) is 27.2 Å². The largest absolute Gasteiger partial charge is 0.401 e. The van der Waals surface area contributed by atoms with Gasteiger partial charge in [0.15, 0.2) is 0 Å². The Morgan fingerprint density at radius 3 is 2.50 bits per heavy atom. The number of likely N-dealkylation sites (tertiary alicyclic amines) is 1. The van der Waals surface area contributed by atoms with Crippen molar-refractivity contribution in [3.63, 3.8) is 0 Å². The molecule has 0 amide bonds. The summed E-state index contributed by atoms with van der Waals surface area (Å²) in [5, 5.41) is 5.11. The van der Waals surface area contributed by atoms with Gasteiger partial charge in [-0.1, -0.05) is 11.6 Å². The van der Waals surface area contributed by atoms with Crippen molar-refractivity contribution in [2.24, 2.45) is 11.8 Å². The zero-order valence-corrected chi connectivity index (χ0v) is 15.6. The van der Waals surface area contributed by atoms with Gasteiger partial charge < -0.3 is 10.5 Å². The number of piperidine rings is 1. The first kappa shape index (κ1) is 18.2. The van der Waals surface area contributed by atoms with Crippen LogP contribution in [0.25, 0.3) is 11.3 Å². The first-order valence-electron chi connectivity index (χ1n) is 9.18. The summed E-state index contributed by atoms with van der Waals surface area (Å²) in [6.07, 6.45) is -2.51. The minimum Gasteiger partial charge on any atom is -0.382 e. The normalized spacial score (nSPS) is 27.6. The molecule has 4 heterocycles. The molecule has 2 aromatic rings. The maximum absolute atomic E-state index is 12.6. The van der Waals surface area contributed by atoms with Crippen molar-refractivity contribution in [1.82, 2.24) is 19.7 Å². The molecule has 1 aliphatic carbocycles. The molecule has 5 rings (SSSR count). The molecule has 3 aliphatic rings. The number of ether oxygens (including phenoxy) is 1. The van der Waals surface area contributed by atoms with Gasteiger partial charge in [0.25, 0.3) is 0 Å². The molecule has 1 saturated carbocycles. The lowest BCUT2D eigenvalue weighted by Gasteiger charge is -2.28. The third kappa shape index (κ3) is 3.15. The average Bonchev–Trinajstić information content (AvgIpc) is 2.91. The summed E-state index contributed by atoms with van der Waals surface area (Å²) >= 11 is 6.09. The Labute approximate surface area is 164 Å². The van der Waals surface area contributed by atoms with Crippen LogP contribution < -0.4 is 5.73 Å². The molecule has 2 aliphatic heterocycles. The maximum atomic E-state index is 12.6. The summed E-state index contributed by atoms with van der Waals surface area (Å²) in [5.74, 6) is 1.00. The standard InChI is InChI=1S/C18H19ClF3N5O/c19-13-1-9(3-24-17(13)23)14-2-15(27(25-14)10-6-28-7-10)16-11-4-26(5-12(11)16)8-18(20,21)22/h1-3,10-12,16H,4-8H2,(H2,23,24)/t11-,12+,16?. The van der Waals surface area contributed by atoms with Crippen LogP contribution in [0, 0.1) is 11.8 Å². The third-order valence-electron chi connectivity index (χ3n) is 5.91. The Morgan fingerprint density at radius 1 is 1.21 bits per heavy atom. The highest BCUT2D eigenvalue weighted by Crippen LogP contribution is 2.59. The molecule has 0 aromatic carbocycles. The molecule has 6 nitrogen and oxygen atoms in total. The van der Waals surface area contributed by atoms with Crippen molar-refractivity contribution >= 4 is 17.4 Å². The molecule has 0 bridgehead atoms. The molecular formula is C18H19ClF3N5O. The fourth-order valence-corrected chi connectivity index (χ4v) is 4.65. The van der Waals surface area contributed by atoms with Crippen molar-refractivity contribution in [2.45, 2.75) is 18.1 Å². The van der Waals surface area contributed by atoms with Gasteiger partial charge in [0, 0.05) is 36.5 Å². The quantitative estimate of drug-likeness (QED) is 0.834. The van der Waals surface area contributed by atoms with Gasteiger partial charge in [-0.25, -0.2) is 4.98 Å². The van der Waals surface area contributed by atoms with Gasteiger partial charge >= 0.3 is 6.18 Å². The Balaban J connectivity index is 1.40. The van der Waals surface area contributed by atoms with Gasteiger partial charge in [-0.15, -0.1) is 0 Å². The summed E-state index contributed by atoms with van der Waals surface area (Å²) in [5.41, 5.74) is 8.27. The van der Waals surface area contributed by atoms with Gasteiger partial charge in [0.1, 0.15) is 5.82 Å². The van der Waals surface area contributed by atoms with Crippen LogP contribution in [0.2, 0.25) is 5.02 Å². The van der Waals surface area contributed by atoms with E-state index < -0.39 is 12.7 Å². The van der Waals surface area contributed by atoms with Crippen LogP contribution in [-0.4, -0.2) is 58.7 Å². The van der Waals surface area contributed by atoms with Gasteiger partial charge in [0.2, 0.25) is 0 Å². The van der Waals surface area contributed by atoms with Crippen molar-refractivity contribution in [2.75, 3.05) is 38.6 Å². The van der Waals surface area contributed by atoms with E-state index in [9.17, 15) is 13.2 Å². The number of hydrogen-bond donors (Lipinski definition) is 1. The van der Waals surface area contributed by atoms with E-state index in [1.165, 1.54) is 4.90 Å². The molecule has 1 unspecified atom stereocenters. The van der Waals surface area contributed by atoms with Crippen LogP contribution in [0.3, 0.4) is 0 Å². The molecule has 2 saturated heterocycles. The summed E-state index contributed by atoms with van der Waals surface area (Å²) in [6.45, 7) is 1.31. The molecule has 0 radical (unpaired) electrons. The second kappa shape index (κ2) is 6.33. The number of nitrogen functional groups attached to an aromatic ring is 1. The number of rotatable bonds is 4. The van der Waals surface area contributed by atoms with Crippen LogP contribution in [-0.2, 0) is 4.74 Å². The first-order valence-corrected chi connectivity index (χ1v) is 9.55. The molecule has 2 N–H and O–H groups in total. The highest BCUT2D eigenvalue weighted by atomic mass is 35.5. The summed E-state index contributed by atoms with van der Waals surface area (Å²) in [7, 11) is 0. The van der Waals surface area contributed by atoms with Crippen molar-refractivity contribution in [3.8, 4) is 11.3 Å². The van der Waals surface area contributed by atoms with Gasteiger partial charge in [-0.3, -0.25) is 9.58 Å². The topological polar surface area (TPSA) is 69.2 Å². The van der Waals surface area contributed by atoms with E-state index in [0.29, 0.717) is 31.3 Å². The molecule has 2 aromatic heterocycles. The number of aromatic nitrogens is 3. The van der Waals surface area contributed by atoms with Gasteiger partial charge in [-0.05, 0) is 24.0 Å². The molecule has 3 atom stereocenters. The van der Waals surface area contributed by atoms with Crippen molar-refractivity contribution < 1.29 is 17.9 Å². The molecular weight excluding hydrogens is 395 g/mol. The van der Waals surface area contributed by atoms with E-state index in [0.717, 1.165) is 17.0 Å². The first-order chi connectivity index (χ1) is 13.3. The van der Waals surface area contributed by atoms with Crippen molar-refractivity contribution in [3.05, 3.63) is 29.0 Å². The predicted octanol–water partition coefficient (Wildman–Crippen LogP) is 2.96. The number of nitrogens with two attached hydrogens (primary N) is 1. The number of fused-ring (bicyclic) bond motifs is 1. The van der Waals surface area contributed by atoms with Crippen LogP contribution in [0.15, 0.2) is 18.3 Å². The third-order valence-corrected chi connectivity index (χ3v) is 6.21. The molecule has 28 heavy (non-hydrogen) atoms. The van der Waals surface area contributed by atoms with Crippen molar-refractivity contribution in [1.29, 1.82) is 0 Å². The number of pyridine rings is 1. The number of nitrogens with zero attached hydrogens (tertiary/aromatic N) is 4. The van der Waals surface area contributed by atoms with Crippen LogP contribution in [0.5, 0.6) is 0 Å². The van der Waals surface area contributed by atoms with E-state index >= 15 is 0 Å². The number of hydrogen-bond acceptors (Lipinski definition) is 5. The lowest BCUT2D eigenvalue weighted by atomic mass is 10.1. The Bertz CT molecular complexity index is 901. The number of anilines is 1. The lowest BCUT2D eigenvalue weighted by molar-refractivity contribution is -0.144. The van der Waals surface area contributed by atoms with Crippen LogP contribution >= 0.6 is 11.6 Å². The second-order valence-corrected chi connectivity index (χ2v) is 8.25. The Hall–Kier alpha value is -1.84. The Kier molecular flexibility index (Phi) is 4.12. The fraction of sp³-hybridized carbons (Fsp3) is 0.556. The minimum absolute atomic E-state index is 0.161. The Morgan fingerprint density at radius 2 is 1.93 bits per heavy atom. The average molecular weight is 414 g/mol. The van der Waals surface area contributed by atoms with E-state index in [2.05, 4.69) is 4.98 Å². The fourth-order valence-electron chi connectivity index (χ4n) is 4.48. The maximum Gasteiger partial charge on any atom is 0.401 e. The van der Waals surface area contributed by atoms with E-state index in [1.807, 2.05) is 10.7 Å². The van der Waals surface area contributed by atoms with Gasteiger partial charge in [-0.2, -0.15) is 18.3 Å². The molecule has 10 heteroatoms. The van der Waals surface area contributed by atoms with Gasteiger partial charge in [0.05, 0.1) is 36.5 Å². The smallest absolute Gasteiger partial charge is 0.382 e. The monoisotopic (exact) mass is 413 g/mol. The summed E-state index contributed by atoms with van der Waals surface area (Å²) in [6, 6.07) is 3.91. The summed E-state index contributed by atoms with van der Waals surface area (Å²) < 4.78 is 45.3.